The van der Waals surface area contributed by atoms with Crippen LogP contribution in [0.1, 0.15) is 33.6 Å². The van der Waals surface area contributed by atoms with E-state index < -0.39 is 0 Å². The van der Waals surface area contributed by atoms with Gasteiger partial charge >= 0.3 is 6.01 Å². The van der Waals surface area contributed by atoms with Crippen molar-refractivity contribution < 1.29 is 4.42 Å². The summed E-state index contributed by atoms with van der Waals surface area (Å²) in [5.74, 6) is 0.647. The maximum Gasteiger partial charge on any atom is 0.315 e. The molecule has 0 fully saturated rings. The third-order valence-corrected chi connectivity index (χ3v) is 3.44. The van der Waals surface area contributed by atoms with Crippen molar-refractivity contribution in [1.82, 2.24) is 10.2 Å². The van der Waals surface area contributed by atoms with Crippen LogP contribution in [0.4, 0.5) is 11.7 Å². The van der Waals surface area contributed by atoms with Crippen LogP contribution in [0.15, 0.2) is 34.7 Å². The molecule has 5 nitrogen and oxygen atoms in total. The van der Waals surface area contributed by atoms with Crippen LogP contribution >= 0.6 is 0 Å². The Morgan fingerprint density at radius 1 is 1.19 bits per heavy atom. The first kappa shape index (κ1) is 15.4. The Hall–Kier alpha value is -2.04. The predicted octanol–water partition coefficient (Wildman–Crippen LogP) is 3.30. The summed E-state index contributed by atoms with van der Waals surface area (Å²) >= 11 is 0. The Balaban J connectivity index is 1.92. The van der Waals surface area contributed by atoms with E-state index in [-0.39, 0.29) is 5.41 Å². The Bertz CT molecular complexity index is 559. The molecule has 2 rings (SSSR count). The smallest absolute Gasteiger partial charge is 0.315 e. The molecular weight excluding hydrogens is 264 g/mol. The number of aromatic nitrogens is 2. The van der Waals surface area contributed by atoms with Crippen molar-refractivity contribution in [2.45, 2.75) is 39.2 Å². The van der Waals surface area contributed by atoms with Crippen molar-refractivity contribution in [1.29, 1.82) is 0 Å². The second-order valence-corrected chi connectivity index (χ2v) is 6.34. The van der Waals surface area contributed by atoms with Gasteiger partial charge in [0.05, 0.1) is 0 Å². The zero-order valence-corrected chi connectivity index (χ0v) is 13.4. The molecule has 0 aliphatic rings. The fraction of sp³-hybridized carbons (Fsp3) is 0.500. The van der Waals surface area contributed by atoms with Crippen LogP contribution in [0.25, 0.3) is 0 Å². The molecule has 114 valence electrons. The summed E-state index contributed by atoms with van der Waals surface area (Å²) in [7, 11) is 2.08. The predicted molar refractivity (Wildman–Crippen MR) is 85.8 cm³/mol. The molecule has 1 heterocycles. The van der Waals surface area contributed by atoms with Gasteiger partial charge in [0.1, 0.15) is 0 Å². The Morgan fingerprint density at radius 3 is 2.43 bits per heavy atom. The molecule has 1 aromatic carbocycles. The van der Waals surface area contributed by atoms with Gasteiger partial charge < -0.3 is 14.6 Å². The van der Waals surface area contributed by atoms with E-state index in [0.717, 1.165) is 6.54 Å². The molecule has 0 amide bonds. The topological polar surface area (TPSA) is 54.2 Å². The van der Waals surface area contributed by atoms with Crippen LogP contribution in [0.5, 0.6) is 0 Å². The standard InChI is InChI=1S/C16H24N4O/c1-12(20(5)13-9-7-6-8-10-13)11-17-15-19-18-14(21-15)16(2,3)4/h6-10,12H,11H2,1-5H3,(H,17,19)/t12-/m0/s1. The molecular formula is C16H24N4O. The number of anilines is 2. The van der Waals surface area contributed by atoms with Crippen LogP contribution in [0.3, 0.4) is 0 Å². The summed E-state index contributed by atoms with van der Waals surface area (Å²) < 4.78 is 5.63. The average molecular weight is 288 g/mol. The van der Waals surface area contributed by atoms with Gasteiger partial charge in [0.25, 0.3) is 0 Å². The number of para-hydroxylation sites is 1. The van der Waals surface area contributed by atoms with E-state index in [9.17, 15) is 0 Å². The second kappa shape index (κ2) is 6.16. The number of likely N-dealkylation sites (N-methyl/N-ethyl adjacent to an activating group) is 1. The van der Waals surface area contributed by atoms with Crippen molar-refractivity contribution in [3.05, 3.63) is 36.2 Å². The van der Waals surface area contributed by atoms with E-state index in [4.69, 9.17) is 4.42 Å². The first-order valence-corrected chi connectivity index (χ1v) is 7.23. The van der Waals surface area contributed by atoms with Crippen LogP contribution < -0.4 is 10.2 Å². The van der Waals surface area contributed by atoms with Gasteiger partial charge in [0.2, 0.25) is 5.89 Å². The summed E-state index contributed by atoms with van der Waals surface area (Å²) in [4.78, 5) is 2.22. The largest absolute Gasteiger partial charge is 0.408 e. The van der Waals surface area contributed by atoms with Crippen LogP contribution in [0.2, 0.25) is 0 Å². The van der Waals surface area contributed by atoms with Crippen LogP contribution in [-0.4, -0.2) is 29.8 Å². The number of nitrogens with one attached hydrogen (secondary N) is 1. The third-order valence-electron chi connectivity index (χ3n) is 3.44. The molecule has 0 aliphatic heterocycles. The van der Waals surface area contributed by atoms with Gasteiger partial charge in [-0.3, -0.25) is 0 Å². The molecule has 1 N–H and O–H groups in total. The van der Waals surface area contributed by atoms with Gasteiger partial charge in [-0.25, -0.2) is 0 Å². The molecule has 0 saturated heterocycles. The highest BCUT2D eigenvalue weighted by Gasteiger charge is 2.21. The molecule has 0 unspecified atom stereocenters. The van der Waals surface area contributed by atoms with Gasteiger partial charge in [-0.05, 0) is 19.1 Å². The van der Waals surface area contributed by atoms with Gasteiger partial charge in [-0.1, -0.05) is 44.1 Å². The minimum atomic E-state index is -0.126. The molecule has 21 heavy (non-hydrogen) atoms. The first-order valence-electron chi connectivity index (χ1n) is 7.23. The fourth-order valence-corrected chi connectivity index (χ4v) is 1.89. The Kier molecular flexibility index (Phi) is 4.50. The van der Waals surface area contributed by atoms with E-state index in [1.807, 2.05) is 18.2 Å². The van der Waals surface area contributed by atoms with Crippen molar-refractivity contribution in [3.63, 3.8) is 0 Å². The minimum absolute atomic E-state index is 0.126. The Labute approximate surface area is 126 Å². The molecule has 0 aliphatic carbocycles. The van der Waals surface area contributed by atoms with Gasteiger partial charge in [-0.2, -0.15) is 0 Å². The quantitative estimate of drug-likeness (QED) is 0.915. The maximum absolute atomic E-state index is 5.63. The molecule has 0 bridgehead atoms. The molecule has 0 radical (unpaired) electrons. The lowest BCUT2D eigenvalue weighted by atomic mass is 9.97. The van der Waals surface area contributed by atoms with E-state index >= 15 is 0 Å². The number of nitrogens with zero attached hydrogens (tertiary/aromatic N) is 3. The van der Waals surface area contributed by atoms with E-state index in [1.165, 1.54) is 5.69 Å². The molecule has 1 atom stereocenters. The lowest BCUT2D eigenvalue weighted by molar-refractivity contribution is 0.399. The normalized spacial score (nSPS) is 13.0. The zero-order valence-electron chi connectivity index (χ0n) is 13.4. The highest BCUT2D eigenvalue weighted by atomic mass is 16.4. The molecule has 0 spiro atoms. The van der Waals surface area contributed by atoms with Crippen molar-refractivity contribution in [2.24, 2.45) is 0 Å². The van der Waals surface area contributed by atoms with E-state index in [1.54, 1.807) is 0 Å². The van der Waals surface area contributed by atoms with Crippen molar-refractivity contribution in [3.8, 4) is 0 Å². The number of hydrogen-bond donors (Lipinski definition) is 1. The van der Waals surface area contributed by atoms with Gasteiger partial charge in [0.15, 0.2) is 0 Å². The maximum atomic E-state index is 5.63. The third kappa shape index (κ3) is 3.97. The summed E-state index contributed by atoms with van der Waals surface area (Å²) in [5, 5.41) is 11.3. The highest BCUT2D eigenvalue weighted by Crippen LogP contribution is 2.22. The summed E-state index contributed by atoms with van der Waals surface area (Å²) in [6.07, 6.45) is 0. The number of benzene rings is 1. The van der Waals surface area contributed by atoms with E-state index in [2.05, 4.69) is 67.3 Å². The van der Waals surface area contributed by atoms with E-state index in [0.29, 0.717) is 17.9 Å². The van der Waals surface area contributed by atoms with Crippen LogP contribution in [-0.2, 0) is 5.41 Å². The summed E-state index contributed by atoms with van der Waals surface area (Å²) in [6, 6.07) is 11.1. The molecule has 1 aromatic heterocycles. The SMILES string of the molecule is C[C@@H](CNc1nnc(C(C)(C)C)o1)N(C)c1ccccc1. The summed E-state index contributed by atoms with van der Waals surface area (Å²) in [6.45, 7) is 9.04. The number of hydrogen-bond acceptors (Lipinski definition) is 5. The monoisotopic (exact) mass is 288 g/mol. The van der Waals surface area contributed by atoms with Crippen LogP contribution in [0, 0.1) is 0 Å². The summed E-state index contributed by atoms with van der Waals surface area (Å²) in [5.41, 5.74) is 1.06. The lowest BCUT2D eigenvalue weighted by Crippen LogP contribution is -2.34. The molecule has 5 heteroatoms. The lowest BCUT2D eigenvalue weighted by Gasteiger charge is -2.26. The minimum Gasteiger partial charge on any atom is -0.408 e. The number of rotatable bonds is 5. The van der Waals surface area contributed by atoms with Crippen molar-refractivity contribution in [2.75, 3.05) is 23.8 Å². The van der Waals surface area contributed by atoms with Gasteiger partial charge in [0, 0.05) is 30.7 Å². The Morgan fingerprint density at radius 2 is 1.86 bits per heavy atom. The highest BCUT2D eigenvalue weighted by molar-refractivity contribution is 5.46. The molecule has 2 aromatic rings. The zero-order chi connectivity index (χ0) is 15.5. The second-order valence-electron chi connectivity index (χ2n) is 6.34. The molecule has 0 saturated carbocycles. The first-order chi connectivity index (χ1) is 9.88. The average Bonchev–Trinajstić information content (AvgIpc) is 2.94. The van der Waals surface area contributed by atoms with Gasteiger partial charge in [-0.15, -0.1) is 5.10 Å². The van der Waals surface area contributed by atoms with Crippen molar-refractivity contribution >= 4 is 11.7 Å². The fourth-order valence-electron chi connectivity index (χ4n) is 1.89.